The SMILES string of the molecule is CC(C(=O)N(CC(=O)O)CC(=O)O)C1CNC1. The Labute approximate surface area is 98.4 Å². The maximum absolute atomic E-state index is 11.9. The van der Waals surface area contributed by atoms with Crippen molar-refractivity contribution in [1.29, 1.82) is 0 Å². The molecule has 96 valence electrons. The zero-order valence-corrected chi connectivity index (χ0v) is 9.55. The molecule has 3 N–H and O–H groups in total. The lowest BCUT2D eigenvalue weighted by molar-refractivity contribution is -0.152. The van der Waals surface area contributed by atoms with Crippen LogP contribution in [0, 0.1) is 11.8 Å². The Morgan fingerprint density at radius 3 is 2.00 bits per heavy atom. The van der Waals surface area contributed by atoms with Gasteiger partial charge >= 0.3 is 11.9 Å². The molecule has 1 aliphatic heterocycles. The van der Waals surface area contributed by atoms with Crippen molar-refractivity contribution in [2.24, 2.45) is 11.8 Å². The molecule has 1 rings (SSSR count). The van der Waals surface area contributed by atoms with Gasteiger partial charge in [-0.05, 0) is 19.0 Å². The van der Waals surface area contributed by atoms with Gasteiger partial charge in [-0.2, -0.15) is 0 Å². The number of carboxylic acid groups (broad SMARTS) is 2. The molecule has 0 aromatic carbocycles. The number of rotatable bonds is 6. The first-order valence-electron chi connectivity index (χ1n) is 5.35. The summed E-state index contributed by atoms with van der Waals surface area (Å²) in [5, 5.41) is 20.3. The van der Waals surface area contributed by atoms with Gasteiger partial charge in [0.1, 0.15) is 13.1 Å². The van der Waals surface area contributed by atoms with E-state index in [1.165, 1.54) is 0 Å². The number of nitrogens with zero attached hydrogens (tertiary/aromatic N) is 1. The van der Waals surface area contributed by atoms with Crippen LogP contribution in [0.2, 0.25) is 0 Å². The van der Waals surface area contributed by atoms with Crippen molar-refractivity contribution < 1.29 is 24.6 Å². The summed E-state index contributed by atoms with van der Waals surface area (Å²) in [5.41, 5.74) is 0. The number of hydrogen-bond acceptors (Lipinski definition) is 4. The third kappa shape index (κ3) is 3.70. The summed E-state index contributed by atoms with van der Waals surface area (Å²) < 4.78 is 0. The number of carboxylic acids is 2. The second kappa shape index (κ2) is 5.62. The fourth-order valence-electron chi connectivity index (χ4n) is 1.69. The van der Waals surface area contributed by atoms with Crippen LogP contribution in [0.5, 0.6) is 0 Å². The van der Waals surface area contributed by atoms with Crippen LogP contribution in [0.3, 0.4) is 0 Å². The van der Waals surface area contributed by atoms with Crippen molar-refractivity contribution in [2.45, 2.75) is 6.92 Å². The standard InChI is InChI=1S/C10H16N2O5/c1-6(7-2-11-3-7)10(17)12(4-8(13)14)5-9(15)16/h6-7,11H,2-5H2,1H3,(H,13,14)(H,15,16). The quantitative estimate of drug-likeness (QED) is 0.544. The second-order valence-electron chi connectivity index (χ2n) is 4.19. The molecule has 1 heterocycles. The number of nitrogens with one attached hydrogen (secondary N) is 1. The minimum Gasteiger partial charge on any atom is -0.480 e. The maximum Gasteiger partial charge on any atom is 0.323 e. The smallest absolute Gasteiger partial charge is 0.323 e. The highest BCUT2D eigenvalue weighted by molar-refractivity contribution is 5.86. The van der Waals surface area contributed by atoms with Crippen molar-refractivity contribution in [3.8, 4) is 0 Å². The van der Waals surface area contributed by atoms with E-state index in [0.29, 0.717) is 13.1 Å². The van der Waals surface area contributed by atoms with Gasteiger partial charge in [-0.3, -0.25) is 14.4 Å². The average molecular weight is 244 g/mol. The Morgan fingerprint density at radius 1 is 1.24 bits per heavy atom. The van der Waals surface area contributed by atoms with Gasteiger partial charge in [-0.1, -0.05) is 6.92 Å². The lowest BCUT2D eigenvalue weighted by Gasteiger charge is -2.34. The molecule has 1 unspecified atom stereocenters. The van der Waals surface area contributed by atoms with E-state index < -0.39 is 30.9 Å². The van der Waals surface area contributed by atoms with Crippen LogP contribution in [0.15, 0.2) is 0 Å². The number of hydrogen-bond donors (Lipinski definition) is 3. The van der Waals surface area contributed by atoms with Crippen molar-refractivity contribution in [1.82, 2.24) is 10.2 Å². The van der Waals surface area contributed by atoms with Crippen LogP contribution >= 0.6 is 0 Å². The van der Waals surface area contributed by atoms with Crippen LogP contribution < -0.4 is 5.32 Å². The molecule has 0 aliphatic carbocycles. The molecule has 1 atom stereocenters. The number of amides is 1. The Balaban J connectivity index is 2.63. The summed E-state index contributed by atoms with van der Waals surface area (Å²) in [5.74, 6) is -3.03. The van der Waals surface area contributed by atoms with Gasteiger partial charge in [0.2, 0.25) is 5.91 Å². The van der Waals surface area contributed by atoms with E-state index in [2.05, 4.69) is 5.32 Å². The van der Waals surface area contributed by atoms with Crippen molar-refractivity contribution in [3.63, 3.8) is 0 Å². The van der Waals surface area contributed by atoms with E-state index in [0.717, 1.165) is 4.90 Å². The first-order valence-corrected chi connectivity index (χ1v) is 5.35. The molecule has 17 heavy (non-hydrogen) atoms. The van der Waals surface area contributed by atoms with Gasteiger partial charge < -0.3 is 20.4 Å². The van der Waals surface area contributed by atoms with E-state index >= 15 is 0 Å². The fraction of sp³-hybridized carbons (Fsp3) is 0.700. The third-order valence-corrected chi connectivity index (χ3v) is 2.87. The maximum atomic E-state index is 11.9. The van der Waals surface area contributed by atoms with Crippen LogP contribution in [0.1, 0.15) is 6.92 Å². The van der Waals surface area contributed by atoms with Crippen LogP contribution in [0.4, 0.5) is 0 Å². The molecule has 0 aromatic heterocycles. The van der Waals surface area contributed by atoms with Crippen LogP contribution in [-0.4, -0.2) is 59.1 Å². The average Bonchev–Trinajstić information content (AvgIpc) is 2.11. The highest BCUT2D eigenvalue weighted by atomic mass is 16.4. The highest BCUT2D eigenvalue weighted by Crippen LogP contribution is 2.18. The molecule has 0 radical (unpaired) electrons. The van der Waals surface area contributed by atoms with Gasteiger partial charge in [0.25, 0.3) is 0 Å². The summed E-state index contributed by atoms with van der Waals surface area (Å²) in [4.78, 5) is 33.9. The molecule has 1 aliphatic rings. The molecule has 7 nitrogen and oxygen atoms in total. The molecular formula is C10H16N2O5. The van der Waals surface area contributed by atoms with E-state index in [1.54, 1.807) is 6.92 Å². The lowest BCUT2D eigenvalue weighted by Crippen LogP contribution is -2.51. The summed E-state index contributed by atoms with van der Waals surface area (Å²) in [6.07, 6.45) is 0. The summed E-state index contributed by atoms with van der Waals surface area (Å²) in [7, 11) is 0. The molecule has 0 spiro atoms. The summed E-state index contributed by atoms with van der Waals surface area (Å²) >= 11 is 0. The summed E-state index contributed by atoms with van der Waals surface area (Å²) in [6, 6.07) is 0. The van der Waals surface area contributed by atoms with E-state index in [9.17, 15) is 14.4 Å². The normalized spacial score (nSPS) is 17.0. The molecule has 7 heteroatoms. The first-order chi connectivity index (χ1) is 7.91. The Kier molecular flexibility index (Phi) is 4.45. The molecule has 0 aromatic rings. The predicted octanol–water partition coefficient (Wildman–Crippen LogP) is -1.16. The third-order valence-electron chi connectivity index (χ3n) is 2.87. The predicted molar refractivity (Wildman–Crippen MR) is 57.4 cm³/mol. The van der Waals surface area contributed by atoms with E-state index in [1.807, 2.05) is 0 Å². The highest BCUT2D eigenvalue weighted by Gasteiger charge is 2.32. The monoisotopic (exact) mass is 244 g/mol. The number of aliphatic carboxylic acids is 2. The zero-order chi connectivity index (χ0) is 13.0. The largest absolute Gasteiger partial charge is 0.480 e. The van der Waals surface area contributed by atoms with Crippen LogP contribution in [-0.2, 0) is 14.4 Å². The number of carbonyl (C=O) groups is 3. The Bertz CT molecular complexity index is 311. The lowest BCUT2D eigenvalue weighted by atomic mass is 9.88. The minimum atomic E-state index is -1.21. The van der Waals surface area contributed by atoms with Gasteiger partial charge in [-0.25, -0.2) is 0 Å². The molecular weight excluding hydrogens is 228 g/mol. The van der Waals surface area contributed by atoms with E-state index in [-0.39, 0.29) is 11.8 Å². The van der Waals surface area contributed by atoms with Gasteiger partial charge in [0.15, 0.2) is 0 Å². The second-order valence-corrected chi connectivity index (χ2v) is 4.19. The number of carbonyl (C=O) groups excluding carboxylic acids is 1. The minimum absolute atomic E-state index is 0.160. The first kappa shape index (κ1) is 13.4. The Hall–Kier alpha value is -1.63. The van der Waals surface area contributed by atoms with Crippen LogP contribution in [0.25, 0.3) is 0 Å². The summed E-state index contributed by atoms with van der Waals surface area (Å²) in [6.45, 7) is 1.97. The van der Waals surface area contributed by atoms with E-state index in [4.69, 9.17) is 10.2 Å². The van der Waals surface area contributed by atoms with Gasteiger partial charge in [0, 0.05) is 5.92 Å². The fourth-order valence-corrected chi connectivity index (χ4v) is 1.69. The molecule has 0 saturated carbocycles. The van der Waals surface area contributed by atoms with Gasteiger partial charge in [0.05, 0.1) is 0 Å². The molecule has 1 amide bonds. The molecule has 1 fully saturated rings. The Morgan fingerprint density at radius 2 is 1.71 bits per heavy atom. The van der Waals surface area contributed by atoms with Crippen molar-refractivity contribution in [2.75, 3.05) is 26.2 Å². The molecule has 1 saturated heterocycles. The zero-order valence-electron chi connectivity index (χ0n) is 9.55. The van der Waals surface area contributed by atoms with Crippen molar-refractivity contribution >= 4 is 17.8 Å². The topological polar surface area (TPSA) is 107 Å². The molecule has 0 bridgehead atoms. The van der Waals surface area contributed by atoms with Crippen molar-refractivity contribution in [3.05, 3.63) is 0 Å². The van der Waals surface area contributed by atoms with Gasteiger partial charge in [-0.15, -0.1) is 0 Å².